The Morgan fingerprint density at radius 2 is 1.38 bits per heavy atom. The highest BCUT2D eigenvalue weighted by Gasteiger charge is 1.92. The molecule has 96 valence electrons. The monoisotopic (exact) mass is 226 g/mol. The molecule has 0 aliphatic heterocycles. The van der Waals surface area contributed by atoms with Crippen LogP contribution in [-0.2, 0) is 4.74 Å². The first kappa shape index (κ1) is 15.7. The Morgan fingerprint density at radius 1 is 0.812 bits per heavy atom. The minimum absolute atomic E-state index is 0.956. The molecule has 16 heavy (non-hydrogen) atoms. The normalized spacial score (nSPS) is 10.6. The molecular weight excluding hydrogens is 196 g/mol. The van der Waals surface area contributed by atoms with E-state index in [4.69, 9.17) is 4.74 Å². The van der Waals surface area contributed by atoms with E-state index in [2.05, 4.69) is 13.5 Å². The van der Waals surface area contributed by atoms with Gasteiger partial charge in [0, 0.05) is 13.2 Å². The predicted molar refractivity (Wildman–Crippen MR) is 72.9 cm³/mol. The summed E-state index contributed by atoms with van der Waals surface area (Å²) >= 11 is 0. The lowest BCUT2D eigenvalue weighted by Gasteiger charge is -2.03. The minimum Gasteiger partial charge on any atom is -0.381 e. The summed E-state index contributed by atoms with van der Waals surface area (Å²) in [6, 6.07) is 0. The van der Waals surface area contributed by atoms with Crippen LogP contribution in [0.3, 0.4) is 0 Å². The zero-order valence-electron chi connectivity index (χ0n) is 11.2. The van der Waals surface area contributed by atoms with Gasteiger partial charge in [-0.2, -0.15) is 0 Å². The van der Waals surface area contributed by atoms with Gasteiger partial charge in [-0.3, -0.25) is 0 Å². The van der Waals surface area contributed by atoms with Crippen LogP contribution in [0.1, 0.15) is 71.1 Å². The van der Waals surface area contributed by atoms with E-state index in [1.54, 1.807) is 0 Å². The SMILES string of the molecule is C=CCCCCCCCCCOCCCC. The molecule has 0 fully saturated rings. The van der Waals surface area contributed by atoms with Gasteiger partial charge in [-0.15, -0.1) is 6.58 Å². The third-order valence-corrected chi connectivity index (χ3v) is 2.84. The zero-order chi connectivity index (χ0) is 11.9. The van der Waals surface area contributed by atoms with Gasteiger partial charge >= 0.3 is 0 Å². The predicted octanol–water partition coefficient (Wildman–Crippen LogP) is 5.11. The molecule has 1 heteroatoms. The van der Waals surface area contributed by atoms with Gasteiger partial charge in [0.05, 0.1) is 0 Å². The van der Waals surface area contributed by atoms with Crippen LogP contribution in [0, 0.1) is 0 Å². The summed E-state index contributed by atoms with van der Waals surface area (Å²) < 4.78 is 5.52. The van der Waals surface area contributed by atoms with E-state index in [0.29, 0.717) is 0 Å². The second kappa shape index (κ2) is 14.7. The molecule has 0 aromatic carbocycles. The van der Waals surface area contributed by atoms with Crippen LogP contribution < -0.4 is 0 Å². The molecule has 0 amide bonds. The fourth-order valence-electron chi connectivity index (χ4n) is 1.73. The molecule has 0 radical (unpaired) electrons. The van der Waals surface area contributed by atoms with Crippen molar-refractivity contribution >= 4 is 0 Å². The summed E-state index contributed by atoms with van der Waals surface area (Å²) in [5, 5.41) is 0. The highest BCUT2D eigenvalue weighted by Crippen LogP contribution is 2.08. The van der Waals surface area contributed by atoms with E-state index in [1.807, 2.05) is 6.08 Å². The largest absolute Gasteiger partial charge is 0.381 e. The first-order chi connectivity index (χ1) is 7.91. The molecule has 0 atom stereocenters. The van der Waals surface area contributed by atoms with E-state index in [9.17, 15) is 0 Å². The molecular formula is C15H30O. The standard InChI is InChI=1S/C15H30O/c1-3-5-7-8-9-10-11-12-13-15-16-14-6-4-2/h3H,1,4-15H2,2H3. The topological polar surface area (TPSA) is 9.23 Å². The van der Waals surface area contributed by atoms with Crippen LogP contribution in [0.15, 0.2) is 12.7 Å². The highest BCUT2D eigenvalue weighted by atomic mass is 16.5. The molecule has 0 rings (SSSR count). The minimum atomic E-state index is 0.956. The van der Waals surface area contributed by atoms with Crippen LogP contribution >= 0.6 is 0 Å². The Kier molecular flexibility index (Phi) is 14.4. The summed E-state index contributed by atoms with van der Waals surface area (Å²) in [5.41, 5.74) is 0. The molecule has 0 spiro atoms. The van der Waals surface area contributed by atoms with Gasteiger partial charge in [0.25, 0.3) is 0 Å². The summed E-state index contributed by atoms with van der Waals surface area (Å²) in [4.78, 5) is 0. The fourth-order valence-corrected chi connectivity index (χ4v) is 1.73. The van der Waals surface area contributed by atoms with E-state index in [0.717, 1.165) is 13.2 Å². The number of rotatable bonds is 13. The van der Waals surface area contributed by atoms with Crippen molar-refractivity contribution in [2.24, 2.45) is 0 Å². The quantitative estimate of drug-likeness (QED) is 0.313. The number of allylic oxidation sites excluding steroid dienone is 1. The van der Waals surface area contributed by atoms with Crippen LogP contribution in [0.5, 0.6) is 0 Å². The van der Waals surface area contributed by atoms with Gasteiger partial charge < -0.3 is 4.74 Å². The third-order valence-electron chi connectivity index (χ3n) is 2.84. The van der Waals surface area contributed by atoms with Crippen molar-refractivity contribution in [2.75, 3.05) is 13.2 Å². The maximum absolute atomic E-state index is 5.52. The lowest BCUT2D eigenvalue weighted by molar-refractivity contribution is 0.127. The maximum atomic E-state index is 5.52. The second-order valence-corrected chi connectivity index (χ2v) is 4.52. The summed E-state index contributed by atoms with van der Waals surface area (Å²) in [5.74, 6) is 0. The van der Waals surface area contributed by atoms with Crippen LogP contribution in [-0.4, -0.2) is 13.2 Å². The molecule has 0 aromatic rings. The molecule has 0 aliphatic rings. The van der Waals surface area contributed by atoms with Crippen molar-refractivity contribution in [3.63, 3.8) is 0 Å². The summed E-state index contributed by atoms with van der Waals surface area (Å²) in [6.07, 6.45) is 15.1. The molecule has 0 saturated carbocycles. The first-order valence-electron chi connectivity index (χ1n) is 7.10. The molecule has 0 aromatic heterocycles. The first-order valence-corrected chi connectivity index (χ1v) is 7.10. The lowest BCUT2D eigenvalue weighted by atomic mass is 10.1. The van der Waals surface area contributed by atoms with Crippen molar-refractivity contribution in [3.05, 3.63) is 12.7 Å². The number of hydrogen-bond acceptors (Lipinski definition) is 1. The summed E-state index contributed by atoms with van der Waals surface area (Å²) in [6.45, 7) is 7.86. The van der Waals surface area contributed by atoms with E-state index >= 15 is 0 Å². The molecule has 0 N–H and O–H groups in total. The third kappa shape index (κ3) is 13.7. The van der Waals surface area contributed by atoms with Crippen molar-refractivity contribution in [1.29, 1.82) is 0 Å². The molecule has 1 nitrogen and oxygen atoms in total. The van der Waals surface area contributed by atoms with E-state index in [-0.39, 0.29) is 0 Å². The van der Waals surface area contributed by atoms with Gasteiger partial charge in [0.1, 0.15) is 0 Å². The highest BCUT2D eigenvalue weighted by molar-refractivity contribution is 4.65. The Hall–Kier alpha value is -0.300. The zero-order valence-corrected chi connectivity index (χ0v) is 11.2. The average Bonchev–Trinajstić information content (AvgIpc) is 2.31. The molecule has 0 aliphatic carbocycles. The van der Waals surface area contributed by atoms with E-state index in [1.165, 1.54) is 64.2 Å². The number of ether oxygens (including phenoxy) is 1. The van der Waals surface area contributed by atoms with Gasteiger partial charge in [-0.05, 0) is 25.7 Å². The fraction of sp³-hybridized carbons (Fsp3) is 0.867. The van der Waals surface area contributed by atoms with Crippen molar-refractivity contribution in [2.45, 2.75) is 71.1 Å². The van der Waals surface area contributed by atoms with Crippen LogP contribution in [0.4, 0.5) is 0 Å². The van der Waals surface area contributed by atoms with Crippen molar-refractivity contribution < 1.29 is 4.74 Å². The maximum Gasteiger partial charge on any atom is 0.0466 e. The van der Waals surface area contributed by atoms with Gasteiger partial charge in [-0.25, -0.2) is 0 Å². The number of unbranched alkanes of at least 4 members (excludes halogenated alkanes) is 8. The van der Waals surface area contributed by atoms with Crippen LogP contribution in [0.2, 0.25) is 0 Å². The summed E-state index contributed by atoms with van der Waals surface area (Å²) in [7, 11) is 0. The van der Waals surface area contributed by atoms with Crippen LogP contribution in [0.25, 0.3) is 0 Å². The Morgan fingerprint density at radius 3 is 2.00 bits per heavy atom. The van der Waals surface area contributed by atoms with Crippen molar-refractivity contribution in [1.82, 2.24) is 0 Å². The Bertz CT molecular complexity index is 131. The van der Waals surface area contributed by atoms with Gasteiger partial charge in [-0.1, -0.05) is 51.5 Å². The van der Waals surface area contributed by atoms with Gasteiger partial charge in [0.2, 0.25) is 0 Å². The number of hydrogen-bond donors (Lipinski definition) is 0. The lowest BCUT2D eigenvalue weighted by Crippen LogP contribution is -1.96. The smallest absolute Gasteiger partial charge is 0.0466 e. The Balaban J connectivity index is 2.85. The van der Waals surface area contributed by atoms with Crippen molar-refractivity contribution in [3.8, 4) is 0 Å². The molecule has 0 unspecified atom stereocenters. The Labute approximate surface area is 102 Å². The van der Waals surface area contributed by atoms with Gasteiger partial charge in [0.15, 0.2) is 0 Å². The molecule has 0 heterocycles. The second-order valence-electron chi connectivity index (χ2n) is 4.52. The van der Waals surface area contributed by atoms with E-state index < -0.39 is 0 Å². The molecule has 0 bridgehead atoms. The average molecular weight is 226 g/mol. The molecule has 0 saturated heterocycles.